The van der Waals surface area contributed by atoms with E-state index in [9.17, 15) is 86.8 Å². The van der Waals surface area contributed by atoms with Crippen molar-refractivity contribution < 1.29 is 153 Å². The summed E-state index contributed by atoms with van der Waals surface area (Å²) < 4.78 is 81.2. The Morgan fingerprint density at radius 2 is 0.549 bits per heavy atom. The lowest BCUT2D eigenvalue weighted by molar-refractivity contribution is -0.407. The minimum atomic E-state index is -2.15. The van der Waals surface area contributed by atoms with Crippen molar-refractivity contribution in [1.82, 2.24) is 0 Å². The molecule has 1 unspecified atom stereocenters. The van der Waals surface area contributed by atoms with E-state index in [4.69, 9.17) is 66.3 Å². The average Bonchev–Trinajstić information content (AvgIpc) is 3.35. The Morgan fingerprint density at radius 1 is 0.324 bits per heavy atom. The molecule has 0 saturated carbocycles. The van der Waals surface area contributed by atoms with Crippen LogP contribution in [0.4, 0.5) is 0 Å². The molecule has 414 valence electrons. The average molecular weight is 1040 g/mol. The smallest absolute Gasteiger partial charge is 0.187 e. The van der Waals surface area contributed by atoms with E-state index in [1.807, 2.05) is 0 Å². The third-order valence-corrected chi connectivity index (χ3v) is 13.3. The maximum atomic E-state index is 11.8. The van der Waals surface area contributed by atoms with Gasteiger partial charge in [-0.3, -0.25) is 0 Å². The van der Waals surface area contributed by atoms with Crippen LogP contribution in [0.5, 0.6) is 0 Å². The Morgan fingerprint density at radius 3 is 0.803 bits per heavy atom. The van der Waals surface area contributed by atoms with Gasteiger partial charge in [-0.15, -0.1) is 0 Å². The van der Waals surface area contributed by atoms with E-state index in [2.05, 4.69) is 0 Å². The zero-order valence-corrected chi connectivity index (χ0v) is 38.2. The van der Waals surface area contributed by atoms with Crippen LogP contribution in [0.25, 0.3) is 0 Å². The molecule has 0 aromatic carbocycles. The largest absolute Gasteiger partial charge is 0.394 e. The molecule has 0 spiro atoms. The van der Waals surface area contributed by atoms with Crippen LogP contribution >= 0.6 is 0 Å². The third-order valence-electron chi connectivity index (χ3n) is 13.3. The van der Waals surface area contributed by atoms with Gasteiger partial charge in [-0.2, -0.15) is 0 Å². The summed E-state index contributed by atoms with van der Waals surface area (Å²) in [6.07, 6.45) is -58.1. The first-order chi connectivity index (χ1) is 33.9. The van der Waals surface area contributed by atoms with Crippen molar-refractivity contribution in [3.8, 4) is 0 Å². The Kier molecular flexibility index (Phi) is 20.1. The summed E-state index contributed by atoms with van der Waals surface area (Å²) in [6.45, 7) is -3.31. The highest BCUT2D eigenvalue weighted by atomic mass is 16.8. The van der Waals surface area contributed by atoms with Crippen molar-refractivity contribution >= 4 is 0 Å². The van der Waals surface area contributed by atoms with Gasteiger partial charge < -0.3 is 153 Å². The van der Waals surface area contributed by atoms with Gasteiger partial charge in [-0.1, -0.05) is 0 Å². The lowest BCUT2D eigenvalue weighted by atomic mass is 9.94. The molecule has 22 rings (SSSR count). The molecular weight excluding hydrogens is 976 g/mol. The molecule has 17 N–H and O–H groups in total. The molecule has 22 heterocycles. The summed E-state index contributed by atoms with van der Waals surface area (Å²) >= 11 is 0. The number of hydrogen-bond acceptors (Lipinski definition) is 31. The third kappa shape index (κ3) is 11.7. The fraction of sp³-hybridized carbons (Fsp3) is 1.00. The Bertz CT molecular complexity index is 1620. The van der Waals surface area contributed by atoms with Crippen LogP contribution in [0.3, 0.4) is 0 Å². The molecule has 12 bridgehead atoms. The minimum absolute atomic E-state index is 0.140. The number of aliphatic hydroxyl groups excluding tert-OH is 17. The van der Waals surface area contributed by atoms with Gasteiger partial charge in [0.25, 0.3) is 0 Å². The standard InChI is InChI=1S/C40H68O31/c1-3-58-33-25(56)39-64-15(8-45)31(33)70-38-24(55)20(51)29(13(6-43)63-38)68-36-22(53)18(49)27(11(4-41)61-36)66-35-21(52)17(48)28(12(5-42)60-35)67-37-23(54)19(50)30(14(7-44)62-37)69-40-26(57)34(59-10(2)47)32(71-39)16(9-46)65-40/h10-57H,3-9H2,1-2H3/t10?,11-,12-,13-,14-,15-,16-,17-,18-,19-,20-,21-,22-,23-,24-,25-,26-,27-,28-,29-,30-,31+,32+,33-,34-,35-,36-,37-,38-,39-,40-/m1/s1. The van der Waals surface area contributed by atoms with E-state index in [-0.39, 0.29) is 6.61 Å². The van der Waals surface area contributed by atoms with Gasteiger partial charge in [-0.05, 0) is 13.8 Å². The fourth-order valence-electron chi connectivity index (χ4n) is 9.66. The first-order valence-corrected chi connectivity index (χ1v) is 23.1. The van der Waals surface area contributed by atoms with Crippen LogP contribution in [-0.4, -0.2) is 324 Å². The SMILES string of the molecule is CCO[C@@H]1[C@@H](O)[C@H]2O[C@@H]3[C@H](OC(C)O)[C@@H](O)[C@@H](O[C@H]4[C@H](O)[C@@H](O)[C@@H](O[C@H]5[C@H](O)[C@@H](O)[C@@H](O[C@H]6[C@H](O)[C@@H](O)[C@@H](O[C@H]7[C@H](O)[C@@H](O)[C@@H](O[C@H]1[C@@H](CO)O2)O[C@@H]7CO)O[C@@H]6CO)O[C@@H]5CO)O[C@@H]4CO)O[C@@H]3CO. The van der Waals surface area contributed by atoms with Crippen LogP contribution in [-0.2, 0) is 66.3 Å². The molecule has 71 heavy (non-hydrogen) atoms. The zero-order valence-electron chi connectivity index (χ0n) is 38.2. The number of rotatable bonds is 10. The molecule has 22 fully saturated rings. The maximum absolute atomic E-state index is 11.8. The molecule has 31 heteroatoms. The van der Waals surface area contributed by atoms with Gasteiger partial charge in [0, 0.05) is 6.61 Å². The summed E-state index contributed by atoms with van der Waals surface area (Å²) in [6, 6.07) is 0. The predicted molar refractivity (Wildman–Crippen MR) is 216 cm³/mol. The first-order valence-electron chi connectivity index (χ1n) is 23.1. The molecule has 0 aromatic heterocycles. The molecular formula is C40H68O31. The summed E-state index contributed by atoms with van der Waals surface area (Å²) in [5, 5.41) is 187. The molecule has 0 radical (unpaired) electrons. The van der Waals surface area contributed by atoms with Gasteiger partial charge in [0.15, 0.2) is 44.0 Å². The monoisotopic (exact) mass is 1040 g/mol. The predicted octanol–water partition coefficient (Wildman–Crippen LogP) is -11.6. The normalized spacial score (nSPS) is 52.8. The van der Waals surface area contributed by atoms with Crippen LogP contribution in [0.15, 0.2) is 0 Å². The van der Waals surface area contributed by atoms with E-state index in [1.165, 1.54) is 6.92 Å². The van der Waals surface area contributed by atoms with Crippen molar-refractivity contribution in [1.29, 1.82) is 0 Å². The molecule has 0 amide bonds. The van der Waals surface area contributed by atoms with Crippen molar-refractivity contribution in [2.75, 3.05) is 46.2 Å². The molecule has 0 aliphatic carbocycles. The number of aliphatic hydroxyl groups is 17. The quantitative estimate of drug-likeness (QED) is 0.0904. The van der Waals surface area contributed by atoms with Crippen LogP contribution in [0.1, 0.15) is 13.8 Å². The molecule has 31 nitrogen and oxygen atoms in total. The summed E-state index contributed by atoms with van der Waals surface area (Å²) in [7, 11) is 0. The van der Waals surface area contributed by atoms with Crippen molar-refractivity contribution in [3.63, 3.8) is 0 Å². The van der Waals surface area contributed by atoms with Gasteiger partial charge in [0.1, 0.15) is 146 Å². The van der Waals surface area contributed by atoms with Gasteiger partial charge in [0.05, 0.1) is 39.6 Å². The van der Waals surface area contributed by atoms with Crippen molar-refractivity contribution in [3.05, 3.63) is 0 Å². The van der Waals surface area contributed by atoms with E-state index in [0.29, 0.717) is 0 Å². The van der Waals surface area contributed by atoms with Gasteiger partial charge in [0.2, 0.25) is 0 Å². The lowest BCUT2D eigenvalue weighted by Crippen LogP contribution is -2.69. The Labute approximate surface area is 403 Å². The number of hydrogen-bond donors (Lipinski definition) is 17. The topological polar surface area (TPSA) is 473 Å². The molecule has 22 aliphatic heterocycles. The molecule has 31 atom stereocenters. The second-order valence-electron chi connectivity index (χ2n) is 18.0. The highest BCUT2D eigenvalue weighted by Gasteiger charge is 2.59. The van der Waals surface area contributed by atoms with Crippen molar-refractivity contribution in [2.24, 2.45) is 0 Å². The van der Waals surface area contributed by atoms with Crippen LogP contribution in [0.2, 0.25) is 0 Å². The fourth-order valence-corrected chi connectivity index (χ4v) is 9.66. The summed E-state index contributed by atoms with van der Waals surface area (Å²) in [5.41, 5.74) is 0. The second-order valence-corrected chi connectivity index (χ2v) is 18.0. The molecule has 22 aliphatic rings. The summed E-state index contributed by atoms with van der Waals surface area (Å²) in [4.78, 5) is 0. The van der Waals surface area contributed by atoms with Gasteiger partial charge >= 0.3 is 0 Å². The van der Waals surface area contributed by atoms with E-state index >= 15 is 0 Å². The number of ether oxygens (including phenoxy) is 14. The van der Waals surface area contributed by atoms with Crippen LogP contribution < -0.4 is 0 Å². The Hall–Kier alpha value is -1.24. The highest BCUT2D eigenvalue weighted by molar-refractivity contribution is 5.01. The Balaban J connectivity index is 1.23. The van der Waals surface area contributed by atoms with E-state index < -0.39 is 230 Å². The molecule has 0 aromatic rings. The minimum Gasteiger partial charge on any atom is -0.394 e. The highest BCUT2D eigenvalue weighted by Crippen LogP contribution is 2.39. The van der Waals surface area contributed by atoms with Crippen LogP contribution in [0, 0.1) is 0 Å². The van der Waals surface area contributed by atoms with E-state index in [0.717, 1.165) is 6.92 Å². The zero-order chi connectivity index (χ0) is 51.7. The van der Waals surface area contributed by atoms with E-state index in [1.54, 1.807) is 0 Å². The lowest BCUT2D eigenvalue weighted by Gasteiger charge is -2.51. The first kappa shape index (κ1) is 57.5. The van der Waals surface area contributed by atoms with Gasteiger partial charge in [-0.25, -0.2) is 0 Å². The second kappa shape index (κ2) is 24.8. The molecule has 22 saturated heterocycles. The summed E-state index contributed by atoms with van der Waals surface area (Å²) in [5.74, 6) is 0. The van der Waals surface area contributed by atoms with Crippen molar-refractivity contribution in [2.45, 2.75) is 204 Å². The maximum Gasteiger partial charge on any atom is 0.187 e.